The van der Waals surface area contributed by atoms with E-state index in [1.165, 1.54) is 6.07 Å². The van der Waals surface area contributed by atoms with E-state index >= 15 is 0 Å². The Labute approximate surface area is 112 Å². The van der Waals surface area contributed by atoms with Crippen molar-refractivity contribution in [2.75, 3.05) is 6.61 Å². The molecule has 7 heteroatoms. The van der Waals surface area contributed by atoms with Gasteiger partial charge in [-0.15, -0.1) is 12.4 Å². The highest BCUT2D eigenvalue weighted by Crippen LogP contribution is 2.37. The number of alkyl halides is 2. The van der Waals surface area contributed by atoms with Gasteiger partial charge in [0, 0.05) is 10.0 Å². The lowest BCUT2D eigenvalue weighted by atomic mass is 9.99. The van der Waals surface area contributed by atoms with Crippen LogP contribution in [-0.2, 0) is 0 Å². The first-order valence-electron chi connectivity index (χ1n) is 4.53. The quantitative estimate of drug-likeness (QED) is 0.797. The minimum Gasteiger partial charge on any atom is -0.507 e. The van der Waals surface area contributed by atoms with Gasteiger partial charge in [0.25, 0.3) is 5.92 Å². The van der Waals surface area contributed by atoms with Crippen LogP contribution < -0.4 is 5.73 Å². The molecule has 17 heavy (non-hydrogen) atoms. The first-order valence-corrected chi connectivity index (χ1v) is 5.32. The number of phenols is 1. The molecule has 0 amide bonds. The van der Waals surface area contributed by atoms with Crippen LogP contribution in [0.15, 0.2) is 16.6 Å². The molecule has 0 radical (unpaired) electrons. The number of aromatic hydroxyl groups is 1. The van der Waals surface area contributed by atoms with Crippen molar-refractivity contribution in [3.8, 4) is 5.75 Å². The monoisotopic (exact) mass is 331 g/mol. The third-order valence-corrected chi connectivity index (χ3v) is 2.75. The van der Waals surface area contributed by atoms with Crippen molar-refractivity contribution in [2.24, 2.45) is 5.73 Å². The zero-order valence-corrected chi connectivity index (χ0v) is 11.4. The summed E-state index contributed by atoms with van der Waals surface area (Å²) >= 11 is 3.13. The largest absolute Gasteiger partial charge is 0.507 e. The summed E-state index contributed by atoms with van der Waals surface area (Å²) in [6.45, 7) is 0.215. The summed E-state index contributed by atoms with van der Waals surface area (Å²) in [7, 11) is 0. The Morgan fingerprint density at radius 3 is 2.47 bits per heavy atom. The molecule has 0 bridgehead atoms. The fraction of sp³-hybridized carbons (Fsp3) is 0.400. The number of benzene rings is 1. The number of hydrogen-bond donors (Lipinski definition) is 3. The molecule has 98 valence electrons. The first kappa shape index (κ1) is 16.6. The molecule has 0 heterocycles. The van der Waals surface area contributed by atoms with Crippen molar-refractivity contribution in [1.82, 2.24) is 0 Å². The molecule has 1 aromatic carbocycles. The zero-order chi connectivity index (χ0) is 12.5. The van der Waals surface area contributed by atoms with Crippen molar-refractivity contribution in [3.63, 3.8) is 0 Å². The van der Waals surface area contributed by atoms with Gasteiger partial charge < -0.3 is 15.9 Å². The van der Waals surface area contributed by atoms with Crippen LogP contribution in [0.2, 0.25) is 0 Å². The Hall–Kier alpha value is -0.430. The van der Waals surface area contributed by atoms with Gasteiger partial charge in [-0.1, -0.05) is 15.9 Å². The Bertz CT molecular complexity index is 404. The SMILES string of the molecule is Cc1cc(Br)cc([C@@H](N)C(F)(F)CO)c1O.Cl. The smallest absolute Gasteiger partial charge is 0.289 e. The molecule has 3 nitrogen and oxygen atoms in total. The van der Waals surface area contributed by atoms with Crippen LogP contribution in [0.5, 0.6) is 5.75 Å². The highest BCUT2D eigenvalue weighted by Gasteiger charge is 2.39. The average molecular weight is 333 g/mol. The molecule has 0 spiro atoms. The summed E-state index contributed by atoms with van der Waals surface area (Å²) in [5.41, 5.74) is 5.68. The van der Waals surface area contributed by atoms with Crippen molar-refractivity contribution in [2.45, 2.75) is 18.9 Å². The van der Waals surface area contributed by atoms with Crippen LogP contribution >= 0.6 is 28.3 Å². The van der Waals surface area contributed by atoms with Gasteiger partial charge >= 0.3 is 0 Å². The fourth-order valence-electron chi connectivity index (χ4n) is 1.32. The highest BCUT2D eigenvalue weighted by molar-refractivity contribution is 9.10. The molecule has 1 atom stereocenters. The second-order valence-corrected chi connectivity index (χ2v) is 4.47. The van der Waals surface area contributed by atoms with Gasteiger partial charge in [0.05, 0.1) is 0 Å². The third kappa shape index (κ3) is 3.51. The summed E-state index contributed by atoms with van der Waals surface area (Å²) in [5, 5.41) is 18.2. The molecule has 0 aliphatic carbocycles. The molecule has 0 aliphatic rings. The summed E-state index contributed by atoms with van der Waals surface area (Å²) < 4.78 is 26.9. The number of phenolic OH excluding ortho intramolecular Hbond substituents is 1. The lowest BCUT2D eigenvalue weighted by molar-refractivity contribution is -0.0716. The van der Waals surface area contributed by atoms with E-state index in [0.717, 1.165) is 0 Å². The molecule has 0 saturated heterocycles. The molecule has 0 unspecified atom stereocenters. The van der Waals surface area contributed by atoms with E-state index < -0.39 is 18.6 Å². The van der Waals surface area contributed by atoms with Gasteiger partial charge in [0.15, 0.2) is 0 Å². The number of aryl methyl sites for hydroxylation is 1. The second kappa shape index (κ2) is 5.95. The fourth-order valence-corrected chi connectivity index (χ4v) is 1.91. The van der Waals surface area contributed by atoms with Crippen molar-refractivity contribution >= 4 is 28.3 Å². The Balaban J connectivity index is 0.00000256. The molecule has 0 aromatic heterocycles. The number of aliphatic hydroxyl groups excluding tert-OH is 1. The van der Waals surface area contributed by atoms with Crippen LogP contribution in [0, 0.1) is 6.92 Å². The maximum atomic E-state index is 13.2. The van der Waals surface area contributed by atoms with Gasteiger partial charge in [0.2, 0.25) is 0 Å². The number of hydrogen-bond acceptors (Lipinski definition) is 3. The van der Waals surface area contributed by atoms with Crippen LogP contribution in [0.25, 0.3) is 0 Å². The van der Waals surface area contributed by atoms with Crippen LogP contribution in [0.4, 0.5) is 8.78 Å². The average Bonchev–Trinajstić information content (AvgIpc) is 2.22. The van der Waals surface area contributed by atoms with E-state index in [4.69, 9.17) is 10.8 Å². The van der Waals surface area contributed by atoms with Crippen LogP contribution in [-0.4, -0.2) is 22.7 Å². The summed E-state index contributed by atoms with van der Waals surface area (Å²) in [6.07, 6.45) is 0. The van der Waals surface area contributed by atoms with Crippen molar-refractivity contribution < 1.29 is 19.0 Å². The Kier molecular flexibility index (Phi) is 5.80. The second-order valence-electron chi connectivity index (χ2n) is 3.56. The molecule has 1 rings (SSSR count). The molecule has 4 N–H and O–H groups in total. The topological polar surface area (TPSA) is 66.5 Å². The van der Waals surface area contributed by atoms with Crippen LogP contribution in [0.1, 0.15) is 17.2 Å². The van der Waals surface area contributed by atoms with E-state index in [1.807, 2.05) is 0 Å². The Morgan fingerprint density at radius 1 is 1.47 bits per heavy atom. The molecular formula is C10H13BrClF2NO2. The molecule has 1 aromatic rings. The summed E-state index contributed by atoms with van der Waals surface area (Å²) in [5.74, 6) is -3.74. The maximum absolute atomic E-state index is 13.2. The molecule has 0 saturated carbocycles. The van der Waals surface area contributed by atoms with Gasteiger partial charge in [-0.05, 0) is 24.6 Å². The van der Waals surface area contributed by atoms with E-state index in [1.54, 1.807) is 13.0 Å². The minimum atomic E-state index is -3.47. The first-order chi connectivity index (χ1) is 7.29. The van der Waals surface area contributed by atoms with Gasteiger partial charge in [0.1, 0.15) is 18.4 Å². The summed E-state index contributed by atoms with van der Waals surface area (Å²) in [4.78, 5) is 0. The lowest BCUT2D eigenvalue weighted by Crippen LogP contribution is -2.36. The number of aliphatic hydroxyl groups is 1. The lowest BCUT2D eigenvalue weighted by Gasteiger charge is -2.23. The van der Waals surface area contributed by atoms with Gasteiger partial charge in [-0.25, -0.2) is 8.78 Å². The Morgan fingerprint density at radius 2 is 2.00 bits per heavy atom. The third-order valence-electron chi connectivity index (χ3n) is 2.30. The highest BCUT2D eigenvalue weighted by atomic mass is 79.9. The predicted molar refractivity (Wildman–Crippen MR) is 66.8 cm³/mol. The molecule has 0 aliphatic heterocycles. The van der Waals surface area contributed by atoms with E-state index in [2.05, 4.69) is 15.9 Å². The predicted octanol–water partition coefficient (Wildman–Crippen LogP) is 2.51. The molecular weight excluding hydrogens is 319 g/mol. The van der Waals surface area contributed by atoms with E-state index in [0.29, 0.717) is 10.0 Å². The van der Waals surface area contributed by atoms with Gasteiger partial charge in [-0.2, -0.15) is 0 Å². The number of rotatable bonds is 3. The van der Waals surface area contributed by atoms with Crippen molar-refractivity contribution in [3.05, 3.63) is 27.7 Å². The normalized spacial score (nSPS) is 13.1. The summed E-state index contributed by atoms with van der Waals surface area (Å²) in [6, 6.07) is 1.16. The number of halogens is 4. The zero-order valence-electron chi connectivity index (χ0n) is 8.95. The van der Waals surface area contributed by atoms with Crippen LogP contribution in [0.3, 0.4) is 0 Å². The molecule has 0 fully saturated rings. The van der Waals surface area contributed by atoms with Crippen molar-refractivity contribution in [1.29, 1.82) is 0 Å². The standard InChI is InChI=1S/C10H12BrF2NO2.ClH/c1-5-2-6(11)3-7(8(5)16)9(14)10(12,13)4-15;/h2-3,9,15-16H,4,14H2,1H3;1H/t9-;/m1./s1. The van der Waals surface area contributed by atoms with E-state index in [-0.39, 0.29) is 23.7 Å². The number of nitrogens with two attached hydrogens (primary N) is 1. The minimum absolute atomic E-state index is 0. The maximum Gasteiger partial charge on any atom is 0.289 e. The van der Waals surface area contributed by atoms with E-state index in [9.17, 15) is 13.9 Å². The van der Waals surface area contributed by atoms with Gasteiger partial charge in [-0.3, -0.25) is 0 Å².